The first kappa shape index (κ1) is 19.5. The largest absolute Gasteiger partial charge is 0.328 e. The lowest BCUT2D eigenvalue weighted by Gasteiger charge is -2.29. The second-order valence-electron chi connectivity index (χ2n) is 7.17. The van der Waals surface area contributed by atoms with Gasteiger partial charge in [-0.1, -0.05) is 50.7 Å². The summed E-state index contributed by atoms with van der Waals surface area (Å²) in [7, 11) is 0. The van der Waals surface area contributed by atoms with Gasteiger partial charge >= 0.3 is 0 Å². The van der Waals surface area contributed by atoms with Gasteiger partial charge in [0.25, 0.3) is 5.91 Å². The lowest BCUT2D eigenvalue weighted by molar-refractivity contribution is -0.113. The normalized spacial score (nSPS) is 16.3. The van der Waals surface area contributed by atoms with Crippen LogP contribution in [-0.4, -0.2) is 26.4 Å². The van der Waals surface area contributed by atoms with Crippen LogP contribution in [-0.2, 0) is 4.79 Å². The molecule has 1 amide bonds. The van der Waals surface area contributed by atoms with Crippen molar-refractivity contribution in [1.82, 2.24) is 14.8 Å². The number of aromatic nitrogens is 3. The first-order valence-electron chi connectivity index (χ1n) is 9.34. The molecule has 27 heavy (non-hydrogen) atoms. The maximum absolute atomic E-state index is 13.2. The van der Waals surface area contributed by atoms with Crippen LogP contribution in [0.4, 0.5) is 11.6 Å². The third-order valence-corrected chi connectivity index (χ3v) is 5.27. The Hall–Kier alpha value is -2.28. The number of nitrogens with one attached hydrogen (secondary N) is 2. The number of nitrogens with zero attached hydrogens (tertiary/aromatic N) is 3. The van der Waals surface area contributed by atoms with Crippen LogP contribution in [0.3, 0.4) is 0 Å². The number of aryl methyl sites for hydroxylation is 1. The molecular formula is C20H27N5OS. The van der Waals surface area contributed by atoms with Crippen molar-refractivity contribution in [2.24, 2.45) is 5.92 Å². The van der Waals surface area contributed by atoms with Crippen molar-refractivity contribution in [3.63, 3.8) is 0 Å². The molecule has 1 atom stereocenters. The van der Waals surface area contributed by atoms with Crippen LogP contribution < -0.4 is 10.6 Å². The predicted octanol–water partition coefficient (Wildman–Crippen LogP) is 4.62. The number of carbonyl (C=O) groups excluding carboxylic acids is 1. The number of anilines is 2. The van der Waals surface area contributed by atoms with E-state index in [-0.39, 0.29) is 11.9 Å². The zero-order valence-electron chi connectivity index (χ0n) is 16.5. The summed E-state index contributed by atoms with van der Waals surface area (Å²) in [5.41, 5.74) is 3.42. The van der Waals surface area contributed by atoms with Gasteiger partial charge < -0.3 is 10.6 Å². The second-order valence-corrected chi connectivity index (χ2v) is 8.40. The summed E-state index contributed by atoms with van der Waals surface area (Å²) in [5.74, 6) is 1.94. The molecule has 1 aliphatic rings. The molecule has 2 N–H and O–H groups in total. The van der Waals surface area contributed by atoms with Crippen LogP contribution in [0.25, 0.3) is 0 Å². The van der Waals surface area contributed by atoms with Gasteiger partial charge in [0.2, 0.25) is 11.1 Å². The lowest BCUT2D eigenvalue weighted by atomic mass is 9.94. The average molecular weight is 386 g/mol. The van der Waals surface area contributed by atoms with E-state index in [1.54, 1.807) is 11.8 Å². The van der Waals surface area contributed by atoms with E-state index in [2.05, 4.69) is 41.5 Å². The zero-order chi connectivity index (χ0) is 19.6. The first-order valence-corrected chi connectivity index (χ1v) is 10.3. The van der Waals surface area contributed by atoms with Crippen molar-refractivity contribution in [3.05, 3.63) is 41.1 Å². The molecule has 1 aromatic carbocycles. The minimum absolute atomic E-state index is 0.0919. The third kappa shape index (κ3) is 4.18. The van der Waals surface area contributed by atoms with Gasteiger partial charge in [-0.15, -0.1) is 5.10 Å². The Morgan fingerprint density at radius 1 is 1.33 bits per heavy atom. The number of fused-ring (bicyclic) bond motifs is 1. The number of hydrogen-bond donors (Lipinski definition) is 2. The van der Waals surface area contributed by atoms with E-state index in [1.807, 2.05) is 42.8 Å². The highest BCUT2D eigenvalue weighted by atomic mass is 32.2. The molecule has 0 saturated heterocycles. The molecule has 144 valence electrons. The number of benzene rings is 1. The molecular weight excluding hydrogens is 358 g/mol. The quantitative estimate of drug-likeness (QED) is 0.710. The molecule has 2 aromatic rings. The molecule has 1 aliphatic heterocycles. The van der Waals surface area contributed by atoms with Crippen molar-refractivity contribution in [2.45, 2.75) is 52.2 Å². The SMILES string of the molecule is CCSc1nc2n(n1)C(CC(C)C)C(C(=O)Nc1ccccc1C)=C(C)N2. The summed E-state index contributed by atoms with van der Waals surface area (Å²) in [6, 6.07) is 7.68. The van der Waals surface area contributed by atoms with Crippen molar-refractivity contribution < 1.29 is 4.79 Å². The second kappa shape index (κ2) is 8.17. The maximum Gasteiger partial charge on any atom is 0.255 e. The molecule has 7 heteroatoms. The van der Waals surface area contributed by atoms with Crippen LogP contribution >= 0.6 is 11.8 Å². The van der Waals surface area contributed by atoms with E-state index < -0.39 is 0 Å². The molecule has 3 rings (SSSR count). The molecule has 0 spiro atoms. The summed E-state index contributed by atoms with van der Waals surface area (Å²) in [4.78, 5) is 17.8. The van der Waals surface area contributed by atoms with Gasteiger partial charge in [-0.3, -0.25) is 4.79 Å². The topological polar surface area (TPSA) is 71.8 Å². The number of carbonyl (C=O) groups is 1. The minimum atomic E-state index is -0.135. The molecule has 0 saturated carbocycles. The van der Waals surface area contributed by atoms with Crippen LogP contribution in [0.5, 0.6) is 0 Å². The van der Waals surface area contributed by atoms with E-state index in [0.717, 1.165) is 39.9 Å². The molecule has 2 heterocycles. The molecule has 6 nitrogen and oxygen atoms in total. The number of para-hydroxylation sites is 1. The van der Waals surface area contributed by atoms with Crippen LogP contribution in [0.15, 0.2) is 40.7 Å². The van der Waals surface area contributed by atoms with Gasteiger partial charge in [0.05, 0.1) is 11.6 Å². The fourth-order valence-electron chi connectivity index (χ4n) is 3.29. The van der Waals surface area contributed by atoms with Crippen LogP contribution in [0.2, 0.25) is 0 Å². The standard InChI is InChI=1S/C20H27N5OS/c1-6-27-20-23-19-21-14(5)17(16(11-12(2)3)25(19)24-20)18(26)22-15-10-8-7-9-13(15)4/h7-10,12,16H,6,11H2,1-5H3,(H,22,26)(H,21,23,24). The molecule has 0 bridgehead atoms. The van der Waals surface area contributed by atoms with Gasteiger partial charge in [-0.05, 0) is 43.6 Å². The van der Waals surface area contributed by atoms with E-state index in [9.17, 15) is 4.79 Å². The Balaban J connectivity index is 1.95. The third-order valence-electron chi connectivity index (χ3n) is 4.55. The van der Waals surface area contributed by atoms with Crippen molar-refractivity contribution in [3.8, 4) is 0 Å². The zero-order valence-corrected chi connectivity index (χ0v) is 17.4. The summed E-state index contributed by atoms with van der Waals surface area (Å²) >= 11 is 1.60. The maximum atomic E-state index is 13.2. The number of amides is 1. The Bertz CT molecular complexity index is 871. The van der Waals surface area contributed by atoms with Gasteiger partial charge in [0.1, 0.15) is 0 Å². The van der Waals surface area contributed by atoms with E-state index in [1.165, 1.54) is 0 Å². The highest BCUT2D eigenvalue weighted by Gasteiger charge is 2.33. The Labute approximate surface area is 164 Å². The number of rotatable bonds is 6. The Kier molecular flexibility index (Phi) is 5.89. The van der Waals surface area contributed by atoms with Gasteiger partial charge in [-0.2, -0.15) is 4.98 Å². The first-order chi connectivity index (χ1) is 12.9. The van der Waals surface area contributed by atoms with E-state index in [0.29, 0.717) is 11.9 Å². The Morgan fingerprint density at radius 3 is 2.74 bits per heavy atom. The Morgan fingerprint density at radius 2 is 2.07 bits per heavy atom. The molecule has 0 fully saturated rings. The summed E-state index contributed by atoms with van der Waals surface area (Å²) < 4.78 is 1.87. The van der Waals surface area contributed by atoms with Gasteiger partial charge in [-0.25, -0.2) is 4.68 Å². The molecule has 1 aromatic heterocycles. The number of allylic oxidation sites excluding steroid dienone is 1. The van der Waals surface area contributed by atoms with E-state index in [4.69, 9.17) is 0 Å². The summed E-state index contributed by atoms with van der Waals surface area (Å²) in [6.45, 7) is 10.3. The highest BCUT2D eigenvalue weighted by Crippen LogP contribution is 2.36. The summed E-state index contributed by atoms with van der Waals surface area (Å²) in [5, 5.41) is 11.7. The molecule has 0 aliphatic carbocycles. The predicted molar refractivity (Wildman–Crippen MR) is 111 cm³/mol. The summed E-state index contributed by atoms with van der Waals surface area (Å²) in [6.07, 6.45) is 0.822. The highest BCUT2D eigenvalue weighted by molar-refractivity contribution is 7.99. The lowest BCUT2D eigenvalue weighted by Crippen LogP contribution is -2.31. The fourth-order valence-corrected chi connectivity index (χ4v) is 3.85. The average Bonchev–Trinajstić information content (AvgIpc) is 2.99. The van der Waals surface area contributed by atoms with Crippen molar-refractivity contribution in [1.29, 1.82) is 0 Å². The van der Waals surface area contributed by atoms with Gasteiger partial charge in [0, 0.05) is 11.4 Å². The number of hydrogen-bond acceptors (Lipinski definition) is 5. The van der Waals surface area contributed by atoms with Crippen LogP contribution in [0.1, 0.15) is 45.7 Å². The smallest absolute Gasteiger partial charge is 0.255 e. The fraction of sp³-hybridized carbons (Fsp3) is 0.450. The minimum Gasteiger partial charge on any atom is -0.328 e. The molecule has 0 radical (unpaired) electrons. The van der Waals surface area contributed by atoms with Crippen LogP contribution in [0, 0.1) is 12.8 Å². The van der Waals surface area contributed by atoms with E-state index >= 15 is 0 Å². The number of thioether (sulfide) groups is 1. The monoisotopic (exact) mass is 385 g/mol. The van der Waals surface area contributed by atoms with Crippen molar-refractivity contribution in [2.75, 3.05) is 16.4 Å². The van der Waals surface area contributed by atoms with Crippen molar-refractivity contribution >= 4 is 29.3 Å². The molecule has 1 unspecified atom stereocenters. The van der Waals surface area contributed by atoms with Gasteiger partial charge in [0.15, 0.2) is 0 Å².